The van der Waals surface area contributed by atoms with Crippen LogP contribution in [0.15, 0.2) is 47.3 Å². The second-order valence-electron chi connectivity index (χ2n) is 4.40. The first kappa shape index (κ1) is 15.9. The van der Waals surface area contributed by atoms with Crippen LogP contribution < -0.4 is 5.73 Å². The van der Waals surface area contributed by atoms with Crippen molar-refractivity contribution in [3.05, 3.63) is 52.9 Å². The van der Waals surface area contributed by atoms with E-state index in [1.54, 1.807) is 31.5 Å². The number of hydrogen-bond donors (Lipinski definition) is 1. The Kier molecular flexibility index (Phi) is 5.02. The molecule has 0 amide bonds. The van der Waals surface area contributed by atoms with Crippen LogP contribution in [0.4, 0.5) is 0 Å². The second kappa shape index (κ2) is 6.96. The van der Waals surface area contributed by atoms with Crippen molar-refractivity contribution in [3.8, 4) is 6.07 Å². The third kappa shape index (κ3) is 2.90. The molecule has 2 heterocycles. The fourth-order valence-electron chi connectivity index (χ4n) is 2.24. The Morgan fingerprint density at radius 2 is 2.23 bits per heavy atom. The largest absolute Gasteiger partial charge is 0.463 e. The summed E-state index contributed by atoms with van der Waals surface area (Å²) in [5, 5.41) is 9.39. The third-order valence-corrected chi connectivity index (χ3v) is 3.40. The van der Waals surface area contributed by atoms with Gasteiger partial charge in [0.1, 0.15) is 17.4 Å². The molecule has 1 aliphatic heterocycles. The van der Waals surface area contributed by atoms with Crippen LogP contribution in [0.25, 0.3) is 0 Å². The molecule has 0 unspecified atom stereocenters. The number of nitriles is 1. The summed E-state index contributed by atoms with van der Waals surface area (Å²) >= 11 is 5.86. The third-order valence-electron chi connectivity index (χ3n) is 3.15. The molecule has 0 saturated heterocycles. The van der Waals surface area contributed by atoms with Crippen LogP contribution in [0.2, 0.25) is 0 Å². The Labute approximate surface area is 132 Å². The summed E-state index contributed by atoms with van der Waals surface area (Å²) in [5.41, 5.74) is 6.81. The highest BCUT2D eigenvalue weighted by atomic mass is 35.5. The van der Waals surface area contributed by atoms with E-state index in [9.17, 15) is 10.1 Å². The summed E-state index contributed by atoms with van der Waals surface area (Å²) in [5.74, 6) is -1.20. The summed E-state index contributed by atoms with van der Waals surface area (Å²) in [6.45, 7) is 1.89. The molecule has 1 aromatic heterocycles. The molecule has 7 heteroatoms. The Bertz CT molecular complexity index is 677. The average molecular weight is 320 g/mol. The maximum absolute atomic E-state index is 12.3. The summed E-state index contributed by atoms with van der Waals surface area (Å²) in [6.07, 6.45) is 3.14. The van der Waals surface area contributed by atoms with Gasteiger partial charge in [0, 0.05) is 12.4 Å². The molecule has 22 heavy (non-hydrogen) atoms. The second-order valence-corrected chi connectivity index (χ2v) is 4.66. The number of hydrogen-bond acceptors (Lipinski definition) is 6. The lowest BCUT2D eigenvalue weighted by molar-refractivity contribution is -0.139. The highest BCUT2D eigenvalue weighted by Gasteiger charge is 2.37. The number of carbonyl (C=O) groups excluding carboxylic acids is 1. The van der Waals surface area contributed by atoms with Crippen molar-refractivity contribution >= 4 is 17.6 Å². The number of pyridine rings is 1. The van der Waals surface area contributed by atoms with Crippen LogP contribution >= 0.6 is 11.6 Å². The van der Waals surface area contributed by atoms with E-state index in [-0.39, 0.29) is 35.3 Å². The Morgan fingerprint density at radius 1 is 1.55 bits per heavy atom. The number of alkyl halides is 1. The van der Waals surface area contributed by atoms with Gasteiger partial charge in [0.25, 0.3) is 0 Å². The number of nitrogens with two attached hydrogens (primary N) is 1. The lowest BCUT2D eigenvalue weighted by Crippen LogP contribution is -2.26. The number of halogens is 1. The van der Waals surface area contributed by atoms with E-state index in [2.05, 4.69) is 4.98 Å². The lowest BCUT2D eigenvalue weighted by atomic mass is 9.83. The van der Waals surface area contributed by atoms with Gasteiger partial charge in [-0.1, -0.05) is 0 Å². The SMILES string of the molecule is CCOC(=O)C1=C(CCl)OC(N)=C(C#N)[C@@H]1c1ccncc1. The fourth-order valence-corrected chi connectivity index (χ4v) is 2.44. The Balaban J connectivity index is 2.62. The quantitative estimate of drug-likeness (QED) is 0.672. The number of esters is 1. The molecule has 0 spiro atoms. The predicted molar refractivity (Wildman–Crippen MR) is 79.3 cm³/mol. The molecular formula is C15H14ClN3O3. The predicted octanol–water partition coefficient (Wildman–Crippen LogP) is 1.95. The minimum absolute atomic E-state index is 0.0604. The molecule has 0 radical (unpaired) electrons. The number of carbonyl (C=O) groups is 1. The van der Waals surface area contributed by atoms with Gasteiger partial charge >= 0.3 is 5.97 Å². The molecule has 0 aromatic carbocycles. The minimum atomic E-state index is -0.686. The van der Waals surface area contributed by atoms with Gasteiger partial charge in [0.05, 0.1) is 24.0 Å². The zero-order chi connectivity index (χ0) is 16.1. The van der Waals surface area contributed by atoms with E-state index in [1.807, 2.05) is 6.07 Å². The molecule has 0 bridgehead atoms. The van der Waals surface area contributed by atoms with Gasteiger partial charge in [-0.25, -0.2) is 4.79 Å². The summed E-state index contributed by atoms with van der Waals surface area (Å²) < 4.78 is 10.4. The van der Waals surface area contributed by atoms with Gasteiger partial charge in [-0.2, -0.15) is 5.26 Å². The normalized spacial score (nSPS) is 17.8. The molecular weight excluding hydrogens is 306 g/mol. The minimum Gasteiger partial charge on any atom is -0.463 e. The average Bonchev–Trinajstić information content (AvgIpc) is 2.54. The van der Waals surface area contributed by atoms with Gasteiger partial charge in [-0.3, -0.25) is 4.98 Å². The molecule has 1 aromatic rings. The first-order valence-corrected chi connectivity index (χ1v) is 7.11. The van der Waals surface area contributed by atoms with Crippen molar-refractivity contribution in [2.45, 2.75) is 12.8 Å². The van der Waals surface area contributed by atoms with Crippen molar-refractivity contribution in [1.82, 2.24) is 4.98 Å². The molecule has 6 nitrogen and oxygen atoms in total. The maximum atomic E-state index is 12.3. The molecule has 114 valence electrons. The standard InChI is InChI=1S/C15H14ClN3O3/c1-2-21-15(20)13-11(7-16)22-14(18)10(8-17)12(13)9-3-5-19-6-4-9/h3-6,12H,2,7,18H2,1H3/t12-/m0/s1. The number of allylic oxidation sites excluding steroid dienone is 2. The molecule has 0 fully saturated rings. The summed E-state index contributed by atoms with van der Waals surface area (Å²) in [7, 11) is 0. The first-order chi connectivity index (χ1) is 10.6. The highest BCUT2D eigenvalue weighted by Crippen LogP contribution is 2.39. The Morgan fingerprint density at radius 3 is 2.77 bits per heavy atom. The fraction of sp³-hybridized carbons (Fsp3) is 0.267. The monoisotopic (exact) mass is 319 g/mol. The first-order valence-electron chi connectivity index (χ1n) is 6.57. The number of nitrogens with zero attached hydrogens (tertiary/aromatic N) is 2. The topological polar surface area (TPSA) is 98.2 Å². The molecule has 1 aliphatic rings. The molecule has 2 N–H and O–H groups in total. The van der Waals surface area contributed by atoms with Gasteiger partial charge in [-0.05, 0) is 24.6 Å². The van der Waals surface area contributed by atoms with Crippen LogP contribution in [0.3, 0.4) is 0 Å². The smallest absolute Gasteiger partial charge is 0.338 e. The van der Waals surface area contributed by atoms with Crippen LogP contribution in [0, 0.1) is 11.3 Å². The van der Waals surface area contributed by atoms with E-state index < -0.39 is 11.9 Å². The maximum Gasteiger partial charge on any atom is 0.338 e. The van der Waals surface area contributed by atoms with Crippen molar-refractivity contribution in [1.29, 1.82) is 5.26 Å². The number of ether oxygens (including phenoxy) is 2. The number of rotatable bonds is 4. The van der Waals surface area contributed by atoms with Crippen molar-refractivity contribution in [2.75, 3.05) is 12.5 Å². The number of aromatic nitrogens is 1. The molecule has 0 aliphatic carbocycles. The molecule has 2 rings (SSSR count). The van der Waals surface area contributed by atoms with Crippen molar-refractivity contribution in [2.24, 2.45) is 5.73 Å². The van der Waals surface area contributed by atoms with E-state index in [0.29, 0.717) is 5.56 Å². The highest BCUT2D eigenvalue weighted by molar-refractivity contribution is 6.19. The molecule has 1 atom stereocenters. The van der Waals surface area contributed by atoms with Gasteiger partial charge in [0.2, 0.25) is 5.88 Å². The molecule has 0 saturated carbocycles. The zero-order valence-electron chi connectivity index (χ0n) is 11.9. The summed E-state index contributed by atoms with van der Waals surface area (Å²) in [6, 6.07) is 5.40. The van der Waals surface area contributed by atoms with Crippen LogP contribution in [0.5, 0.6) is 0 Å². The van der Waals surface area contributed by atoms with Gasteiger partial charge in [0.15, 0.2) is 0 Å². The van der Waals surface area contributed by atoms with Crippen LogP contribution in [-0.2, 0) is 14.3 Å². The van der Waals surface area contributed by atoms with Crippen LogP contribution in [-0.4, -0.2) is 23.4 Å². The van der Waals surface area contributed by atoms with E-state index in [1.165, 1.54) is 0 Å². The Hall–Kier alpha value is -2.52. The van der Waals surface area contributed by atoms with E-state index >= 15 is 0 Å². The zero-order valence-corrected chi connectivity index (χ0v) is 12.6. The van der Waals surface area contributed by atoms with E-state index in [0.717, 1.165) is 0 Å². The van der Waals surface area contributed by atoms with E-state index in [4.69, 9.17) is 26.8 Å². The summed E-state index contributed by atoms with van der Waals surface area (Å²) in [4.78, 5) is 16.2. The van der Waals surface area contributed by atoms with Gasteiger partial charge < -0.3 is 15.2 Å². The van der Waals surface area contributed by atoms with Crippen LogP contribution in [0.1, 0.15) is 18.4 Å². The lowest BCUT2D eigenvalue weighted by Gasteiger charge is -2.27. The van der Waals surface area contributed by atoms with Gasteiger partial charge in [-0.15, -0.1) is 11.6 Å². The van der Waals surface area contributed by atoms with Crippen molar-refractivity contribution in [3.63, 3.8) is 0 Å². The van der Waals surface area contributed by atoms with Crippen molar-refractivity contribution < 1.29 is 14.3 Å².